The summed E-state index contributed by atoms with van der Waals surface area (Å²) in [6.45, 7) is 2.63. The number of carbonyl (C=O) groups is 2. The first-order chi connectivity index (χ1) is 12.6. The highest BCUT2D eigenvalue weighted by atomic mass is 16.1. The summed E-state index contributed by atoms with van der Waals surface area (Å²) in [4.78, 5) is 30.5. The molecular formula is C19H17N5O2. The van der Waals surface area contributed by atoms with E-state index in [-0.39, 0.29) is 11.7 Å². The molecule has 3 aromatic rings. The predicted octanol–water partition coefficient (Wildman–Crippen LogP) is 2.78. The van der Waals surface area contributed by atoms with E-state index in [1.165, 1.54) is 6.92 Å². The summed E-state index contributed by atoms with van der Waals surface area (Å²) in [6.07, 6.45) is 1.61. The van der Waals surface area contributed by atoms with Gasteiger partial charge >= 0.3 is 0 Å². The molecular weight excluding hydrogens is 330 g/mol. The normalized spacial score (nSPS) is 12.7. The Labute approximate surface area is 150 Å². The SMILES string of the molecule is CC(=O)c1ncccc1N1Cc2[nH]nc(NC(=O)c3ccccc3)c2C1. The minimum Gasteiger partial charge on any atom is -0.359 e. The van der Waals surface area contributed by atoms with Crippen LogP contribution in [0.2, 0.25) is 0 Å². The maximum Gasteiger partial charge on any atom is 0.256 e. The Morgan fingerprint density at radius 3 is 2.69 bits per heavy atom. The number of hydrogen-bond donors (Lipinski definition) is 2. The molecule has 7 heteroatoms. The predicted molar refractivity (Wildman–Crippen MR) is 97.1 cm³/mol. The Kier molecular flexibility index (Phi) is 3.96. The molecule has 0 fully saturated rings. The lowest BCUT2D eigenvalue weighted by Crippen LogP contribution is -2.20. The van der Waals surface area contributed by atoms with E-state index in [1.807, 2.05) is 35.2 Å². The highest BCUT2D eigenvalue weighted by Gasteiger charge is 2.28. The van der Waals surface area contributed by atoms with Crippen molar-refractivity contribution < 1.29 is 9.59 Å². The molecule has 1 amide bonds. The molecule has 7 nitrogen and oxygen atoms in total. The van der Waals surface area contributed by atoms with Gasteiger partial charge in [-0.05, 0) is 24.3 Å². The number of carbonyl (C=O) groups excluding carboxylic acids is 2. The zero-order chi connectivity index (χ0) is 18.1. The van der Waals surface area contributed by atoms with Crippen LogP contribution in [0.25, 0.3) is 0 Å². The molecule has 2 N–H and O–H groups in total. The zero-order valence-corrected chi connectivity index (χ0v) is 14.2. The number of nitrogens with one attached hydrogen (secondary N) is 2. The number of Topliss-reactive ketones (excluding diaryl/α,β-unsaturated/α-hetero) is 1. The van der Waals surface area contributed by atoms with Gasteiger partial charge in [0.15, 0.2) is 11.6 Å². The Morgan fingerprint density at radius 2 is 1.92 bits per heavy atom. The Balaban J connectivity index is 1.56. The minimum absolute atomic E-state index is 0.0770. The number of amides is 1. The van der Waals surface area contributed by atoms with Crippen molar-refractivity contribution in [3.63, 3.8) is 0 Å². The Bertz CT molecular complexity index is 981. The van der Waals surface area contributed by atoms with Gasteiger partial charge in [-0.2, -0.15) is 5.10 Å². The van der Waals surface area contributed by atoms with E-state index >= 15 is 0 Å². The van der Waals surface area contributed by atoms with E-state index in [2.05, 4.69) is 20.5 Å². The van der Waals surface area contributed by atoms with Crippen molar-refractivity contribution in [1.29, 1.82) is 0 Å². The molecule has 0 atom stereocenters. The van der Waals surface area contributed by atoms with Crippen LogP contribution in [0.5, 0.6) is 0 Å². The van der Waals surface area contributed by atoms with Crippen LogP contribution in [0.15, 0.2) is 48.7 Å². The standard InChI is InChI=1S/C19H17N5O2/c1-12(25)17-16(8-5-9-20-17)24-10-14-15(11-24)22-23-18(14)21-19(26)13-6-3-2-4-7-13/h2-9H,10-11H2,1H3,(H2,21,22,23,26). The number of rotatable bonds is 4. The van der Waals surface area contributed by atoms with Crippen molar-refractivity contribution in [2.45, 2.75) is 20.0 Å². The number of ketones is 1. The number of fused-ring (bicyclic) bond motifs is 1. The fourth-order valence-corrected chi connectivity index (χ4v) is 3.11. The van der Waals surface area contributed by atoms with E-state index in [4.69, 9.17) is 0 Å². The number of aromatic amines is 1. The fraction of sp³-hybridized carbons (Fsp3) is 0.158. The Morgan fingerprint density at radius 1 is 1.12 bits per heavy atom. The molecule has 1 aliphatic rings. The molecule has 0 bridgehead atoms. The van der Waals surface area contributed by atoms with Gasteiger partial charge in [0.05, 0.1) is 17.9 Å². The maximum atomic E-state index is 12.4. The summed E-state index contributed by atoms with van der Waals surface area (Å²) >= 11 is 0. The van der Waals surface area contributed by atoms with Gasteiger partial charge in [0.25, 0.3) is 5.91 Å². The van der Waals surface area contributed by atoms with Crippen molar-refractivity contribution in [2.24, 2.45) is 0 Å². The number of pyridine rings is 1. The molecule has 1 aromatic carbocycles. The molecule has 4 rings (SSSR count). The smallest absolute Gasteiger partial charge is 0.256 e. The molecule has 0 saturated heterocycles. The first-order valence-electron chi connectivity index (χ1n) is 8.27. The minimum atomic E-state index is -0.204. The number of aromatic nitrogens is 3. The summed E-state index contributed by atoms with van der Waals surface area (Å²) in [5, 5.41) is 10.1. The van der Waals surface area contributed by atoms with Crippen molar-refractivity contribution in [2.75, 3.05) is 10.2 Å². The summed E-state index contributed by atoms with van der Waals surface area (Å²) in [5.74, 6) is 0.237. The first-order valence-corrected chi connectivity index (χ1v) is 8.27. The van der Waals surface area contributed by atoms with Crippen molar-refractivity contribution in [3.05, 3.63) is 71.2 Å². The van der Waals surface area contributed by atoms with Crippen LogP contribution in [-0.4, -0.2) is 26.9 Å². The quantitative estimate of drug-likeness (QED) is 0.708. The van der Waals surface area contributed by atoms with Crippen molar-refractivity contribution >= 4 is 23.2 Å². The van der Waals surface area contributed by atoms with Crippen LogP contribution >= 0.6 is 0 Å². The molecule has 0 unspecified atom stereocenters. The summed E-state index contributed by atoms with van der Waals surface area (Å²) in [6, 6.07) is 12.7. The highest BCUT2D eigenvalue weighted by Crippen LogP contribution is 2.32. The second-order valence-corrected chi connectivity index (χ2v) is 6.13. The number of anilines is 2. The van der Waals surface area contributed by atoms with Gasteiger partial charge in [-0.3, -0.25) is 19.7 Å². The van der Waals surface area contributed by atoms with Gasteiger partial charge < -0.3 is 10.2 Å². The molecule has 130 valence electrons. The lowest BCUT2D eigenvalue weighted by atomic mass is 10.2. The molecule has 3 heterocycles. The highest BCUT2D eigenvalue weighted by molar-refractivity contribution is 6.04. The summed E-state index contributed by atoms with van der Waals surface area (Å²) in [5.41, 5.74) is 3.65. The number of nitrogens with zero attached hydrogens (tertiary/aromatic N) is 3. The van der Waals surface area contributed by atoms with Crippen LogP contribution in [0.4, 0.5) is 11.5 Å². The van der Waals surface area contributed by atoms with Gasteiger partial charge in [-0.1, -0.05) is 18.2 Å². The third-order valence-corrected chi connectivity index (χ3v) is 4.38. The average Bonchev–Trinajstić information content (AvgIpc) is 3.24. The second-order valence-electron chi connectivity index (χ2n) is 6.13. The van der Waals surface area contributed by atoms with Crippen molar-refractivity contribution in [3.8, 4) is 0 Å². The fourth-order valence-electron chi connectivity index (χ4n) is 3.11. The van der Waals surface area contributed by atoms with Crippen LogP contribution < -0.4 is 10.2 Å². The summed E-state index contributed by atoms with van der Waals surface area (Å²) < 4.78 is 0. The molecule has 1 aliphatic heterocycles. The van der Waals surface area contributed by atoms with Crippen molar-refractivity contribution in [1.82, 2.24) is 15.2 Å². The van der Waals surface area contributed by atoms with Crippen LogP contribution in [0, 0.1) is 0 Å². The summed E-state index contributed by atoms with van der Waals surface area (Å²) in [7, 11) is 0. The average molecular weight is 347 g/mol. The largest absolute Gasteiger partial charge is 0.359 e. The maximum absolute atomic E-state index is 12.4. The molecule has 2 aromatic heterocycles. The first kappa shape index (κ1) is 16.0. The van der Waals surface area contributed by atoms with E-state index in [0.717, 1.165) is 16.9 Å². The number of hydrogen-bond acceptors (Lipinski definition) is 5. The van der Waals surface area contributed by atoms with E-state index < -0.39 is 0 Å². The van der Waals surface area contributed by atoms with Gasteiger partial charge in [-0.15, -0.1) is 0 Å². The third-order valence-electron chi connectivity index (χ3n) is 4.38. The van der Waals surface area contributed by atoms with Gasteiger partial charge in [0.2, 0.25) is 0 Å². The van der Waals surface area contributed by atoms with Crippen LogP contribution in [0.1, 0.15) is 39.0 Å². The molecule has 0 aliphatic carbocycles. The van der Waals surface area contributed by atoms with E-state index in [9.17, 15) is 9.59 Å². The lowest BCUT2D eigenvalue weighted by molar-refractivity contribution is 0.100. The molecule has 0 spiro atoms. The lowest BCUT2D eigenvalue weighted by Gasteiger charge is -2.19. The molecule has 0 saturated carbocycles. The van der Waals surface area contributed by atoms with Gasteiger partial charge in [-0.25, -0.2) is 0 Å². The van der Waals surface area contributed by atoms with Crippen LogP contribution in [-0.2, 0) is 13.1 Å². The Hall–Kier alpha value is -3.48. The molecule has 0 radical (unpaired) electrons. The second kappa shape index (κ2) is 6.44. The number of H-pyrrole nitrogens is 1. The third kappa shape index (κ3) is 2.83. The monoisotopic (exact) mass is 347 g/mol. The van der Waals surface area contributed by atoms with Gasteiger partial charge in [0, 0.05) is 30.8 Å². The topological polar surface area (TPSA) is 91.0 Å². The molecule has 26 heavy (non-hydrogen) atoms. The number of benzene rings is 1. The van der Waals surface area contributed by atoms with E-state index in [0.29, 0.717) is 30.2 Å². The van der Waals surface area contributed by atoms with Crippen LogP contribution in [0.3, 0.4) is 0 Å². The zero-order valence-electron chi connectivity index (χ0n) is 14.2. The van der Waals surface area contributed by atoms with E-state index in [1.54, 1.807) is 18.3 Å². The van der Waals surface area contributed by atoms with Gasteiger partial charge in [0.1, 0.15) is 5.69 Å².